The highest BCUT2D eigenvalue weighted by molar-refractivity contribution is 7.47. The Kier molecular flexibility index (Phi) is 59.9. The van der Waals surface area contributed by atoms with Crippen LogP contribution in [0.3, 0.4) is 0 Å². The van der Waals surface area contributed by atoms with E-state index >= 15 is 0 Å². The van der Waals surface area contributed by atoms with E-state index in [9.17, 15) is 19.4 Å². The highest BCUT2D eigenvalue weighted by Crippen LogP contribution is 2.43. The van der Waals surface area contributed by atoms with Crippen molar-refractivity contribution in [1.82, 2.24) is 5.32 Å². The number of carbonyl (C=O) groups excluding carboxylic acids is 1. The number of phosphoric acid groups is 1. The van der Waals surface area contributed by atoms with Crippen molar-refractivity contribution in [1.29, 1.82) is 0 Å². The Balaban J connectivity index is 4.01. The van der Waals surface area contributed by atoms with Crippen LogP contribution in [-0.2, 0) is 18.4 Å². The van der Waals surface area contributed by atoms with Gasteiger partial charge in [-0.15, -0.1) is 0 Å². The molecule has 0 heterocycles. The lowest BCUT2D eigenvalue weighted by atomic mass is 10.0. The molecule has 0 aromatic heterocycles. The SMILES string of the molecule is CC/C=C\C/C=C\C/C=C\C/C=C\CCCCCCCCCCCCCCCCCCCCCCCCCCC(=O)NC(COP(=O)(O)OCC[N+](C)(C)C)C(O)/C=C/CC/C=C/CCCCCCCCCCCCCCCCC. The second-order valence-corrected chi connectivity index (χ2v) is 26.0. The predicted molar refractivity (Wildman–Crippen MR) is 350 cm³/mol. The van der Waals surface area contributed by atoms with Crippen LogP contribution in [0.4, 0.5) is 0 Å². The molecule has 0 saturated carbocycles. The van der Waals surface area contributed by atoms with Crippen LogP contribution in [0.25, 0.3) is 0 Å². The molecule has 0 rings (SSSR count). The van der Waals surface area contributed by atoms with Crippen LogP contribution in [0.1, 0.15) is 322 Å². The fourth-order valence-corrected chi connectivity index (χ4v) is 10.8. The highest BCUT2D eigenvalue weighted by Gasteiger charge is 2.28. The summed E-state index contributed by atoms with van der Waals surface area (Å²) in [5, 5.41) is 14.0. The van der Waals surface area contributed by atoms with Crippen molar-refractivity contribution in [2.45, 2.75) is 334 Å². The van der Waals surface area contributed by atoms with Crippen molar-refractivity contribution in [2.24, 2.45) is 0 Å². The second kappa shape index (κ2) is 61.5. The van der Waals surface area contributed by atoms with Crippen molar-refractivity contribution >= 4 is 13.7 Å². The monoisotopic (exact) mass is 1140 g/mol. The van der Waals surface area contributed by atoms with Crippen LogP contribution in [0.15, 0.2) is 72.9 Å². The number of hydrogen-bond acceptors (Lipinski definition) is 5. The number of nitrogens with one attached hydrogen (secondary N) is 1. The van der Waals surface area contributed by atoms with Gasteiger partial charge in [-0.1, -0.05) is 318 Å². The van der Waals surface area contributed by atoms with Crippen LogP contribution in [0.5, 0.6) is 0 Å². The molecule has 3 N–H and O–H groups in total. The predicted octanol–water partition coefficient (Wildman–Crippen LogP) is 21.8. The van der Waals surface area contributed by atoms with E-state index in [1.807, 2.05) is 27.2 Å². The molecule has 0 fully saturated rings. The van der Waals surface area contributed by atoms with E-state index in [-0.39, 0.29) is 19.1 Å². The summed E-state index contributed by atoms with van der Waals surface area (Å²) >= 11 is 0. The van der Waals surface area contributed by atoms with Crippen molar-refractivity contribution in [2.75, 3.05) is 40.9 Å². The molecule has 0 radical (unpaired) electrons. The maximum atomic E-state index is 13.0. The quantitative estimate of drug-likeness (QED) is 0.0243. The smallest absolute Gasteiger partial charge is 0.387 e. The zero-order valence-corrected chi connectivity index (χ0v) is 54.5. The molecule has 80 heavy (non-hydrogen) atoms. The van der Waals surface area contributed by atoms with Crippen LogP contribution in [0, 0.1) is 0 Å². The van der Waals surface area contributed by atoms with Crippen molar-refractivity contribution in [3.8, 4) is 0 Å². The minimum absolute atomic E-state index is 0.0565. The number of rotatable bonds is 63. The largest absolute Gasteiger partial charge is 0.472 e. The molecular weight excluding hydrogens is 1010 g/mol. The summed E-state index contributed by atoms with van der Waals surface area (Å²) in [7, 11) is 1.56. The van der Waals surface area contributed by atoms with Gasteiger partial charge in [-0.25, -0.2) is 4.57 Å². The number of amides is 1. The summed E-state index contributed by atoms with van der Waals surface area (Å²) in [4.78, 5) is 23.4. The zero-order chi connectivity index (χ0) is 58.4. The third-order valence-corrected chi connectivity index (χ3v) is 16.4. The Labute approximate surface area is 497 Å². The van der Waals surface area contributed by atoms with Crippen molar-refractivity contribution in [3.63, 3.8) is 0 Å². The summed E-state index contributed by atoms with van der Waals surface area (Å²) in [6.45, 7) is 4.72. The summed E-state index contributed by atoms with van der Waals surface area (Å²) in [5.41, 5.74) is 0. The lowest BCUT2D eigenvalue weighted by molar-refractivity contribution is -0.870. The number of aliphatic hydroxyl groups excluding tert-OH is 1. The first-order chi connectivity index (χ1) is 39.0. The molecule has 3 unspecified atom stereocenters. The summed E-state index contributed by atoms with van der Waals surface area (Å²) in [6, 6.07) is -0.865. The van der Waals surface area contributed by atoms with Gasteiger partial charge >= 0.3 is 7.82 Å². The maximum Gasteiger partial charge on any atom is 0.472 e. The summed E-state index contributed by atoms with van der Waals surface area (Å²) in [6.07, 6.45) is 86.3. The van der Waals surface area contributed by atoms with Gasteiger partial charge in [0, 0.05) is 6.42 Å². The first kappa shape index (κ1) is 77.9. The van der Waals surface area contributed by atoms with Crippen molar-refractivity contribution in [3.05, 3.63) is 72.9 Å². The molecule has 0 aliphatic rings. The molecule has 0 aliphatic heterocycles. The lowest BCUT2D eigenvalue weighted by Crippen LogP contribution is -2.45. The van der Waals surface area contributed by atoms with Gasteiger partial charge in [0.2, 0.25) is 5.91 Å². The van der Waals surface area contributed by atoms with Crippen LogP contribution >= 0.6 is 7.82 Å². The molecular formula is C71H134N2O6P+. The van der Waals surface area contributed by atoms with Crippen molar-refractivity contribution < 1.29 is 32.9 Å². The number of quaternary nitrogens is 1. The molecule has 3 atom stereocenters. The number of carbonyl (C=O) groups is 1. The molecule has 9 heteroatoms. The number of unbranched alkanes of at least 4 members (excludes halogenated alkanes) is 40. The number of aliphatic hydroxyl groups is 1. The number of nitrogens with zero attached hydrogens (tertiary/aromatic N) is 1. The Bertz CT molecular complexity index is 1530. The normalized spacial score (nSPS) is 14.1. The molecule has 0 aliphatic carbocycles. The molecule has 0 saturated heterocycles. The molecule has 1 amide bonds. The molecule has 468 valence electrons. The van der Waals surface area contributed by atoms with Gasteiger partial charge in [0.05, 0.1) is 39.9 Å². The Hall–Kier alpha value is -2.06. The zero-order valence-electron chi connectivity index (χ0n) is 53.6. The average molecular weight is 1140 g/mol. The van der Waals surface area contributed by atoms with E-state index < -0.39 is 20.0 Å². The third-order valence-electron chi connectivity index (χ3n) is 15.4. The fraction of sp³-hybridized carbons (Fsp3) is 0.817. The third kappa shape index (κ3) is 63.5. The highest BCUT2D eigenvalue weighted by atomic mass is 31.2. The molecule has 8 nitrogen and oxygen atoms in total. The van der Waals surface area contributed by atoms with E-state index in [0.717, 1.165) is 64.2 Å². The van der Waals surface area contributed by atoms with E-state index in [2.05, 4.69) is 79.9 Å². The molecule has 0 aromatic rings. The van der Waals surface area contributed by atoms with Gasteiger partial charge in [0.1, 0.15) is 13.2 Å². The van der Waals surface area contributed by atoms with Gasteiger partial charge in [0.15, 0.2) is 0 Å². The minimum atomic E-state index is -4.36. The number of likely N-dealkylation sites (N-methyl/N-ethyl adjacent to an activating group) is 1. The van der Waals surface area contributed by atoms with E-state index in [1.165, 1.54) is 238 Å². The van der Waals surface area contributed by atoms with Gasteiger partial charge in [-0.05, 0) is 70.6 Å². The maximum absolute atomic E-state index is 13.0. The Morgan fingerprint density at radius 3 is 1.15 bits per heavy atom. The lowest BCUT2D eigenvalue weighted by Gasteiger charge is -2.25. The molecule has 0 spiro atoms. The van der Waals surface area contributed by atoms with Gasteiger partial charge in [-0.3, -0.25) is 13.8 Å². The van der Waals surface area contributed by atoms with Gasteiger partial charge < -0.3 is 19.8 Å². The summed E-state index contributed by atoms with van der Waals surface area (Å²) in [5.74, 6) is -0.182. The average Bonchev–Trinajstić information content (AvgIpc) is 3.42. The van der Waals surface area contributed by atoms with Crippen LogP contribution in [0.2, 0.25) is 0 Å². The second-order valence-electron chi connectivity index (χ2n) is 24.5. The standard InChI is InChI=1S/C71H133N2O6P/c1-6-8-10-12-14-16-18-20-22-24-26-28-29-30-31-32-33-34-35-36-37-38-39-40-41-42-43-45-47-49-51-53-55-57-59-61-63-65-71(75)72-69(68-79-80(76,77)78-67-66-73(3,4)5)70(74)64-62-60-58-56-54-52-50-48-46-44-27-25-23-21-19-17-15-13-11-9-7-2/h8,10,14,16,20,22,26,28,54,56,62,64,69-70,74H,6-7,9,11-13,15,17-19,21,23-25,27,29-53,55,57-61,63,65-68H2,1-5H3,(H-,72,75,76,77)/p+1/b10-8-,16-14-,22-20-,28-26-,56-54+,64-62+. The Morgan fingerprint density at radius 1 is 0.438 bits per heavy atom. The fourth-order valence-electron chi connectivity index (χ4n) is 10.1. The van der Waals surface area contributed by atoms with Gasteiger partial charge in [-0.2, -0.15) is 0 Å². The van der Waals surface area contributed by atoms with Gasteiger partial charge in [0.25, 0.3) is 0 Å². The van der Waals surface area contributed by atoms with Crippen LogP contribution in [-0.4, -0.2) is 73.4 Å². The van der Waals surface area contributed by atoms with Crippen LogP contribution < -0.4 is 5.32 Å². The Morgan fingerprint density at radius 2 is 0.762 bits per heavy atom. The molecule has 0 aromatic carbocycles. The number of phosphoric ester groups is 1. The summed E-state index contributed by atoms with van der Waals surface area (Å²) < 4.78 is 23.8. The van der Waals surface area contributed by atoms with E-state index in [4.69, 9.17) is 9.05 Å². The first-order valence-electron chi connectivity index (χ1n) is 34.3. The molecule has 0 bridgehead atoms. The van der Waals surface area contributed by atoms with E-state index in [0.29, 0.717) is 17.4 Å². The topological polar surface area (TPSA) is 105 Å². The van der Waals surface area contributed by atoms with E-state index in [1.54, 1.807) is 6.08 Å². The minimum Gasteiger partial charge on any atom is -0.387 e. The first-order valence-corrected chi connectivity index (χ1v) is 35.8. The number of hydrogen-bond donors (Lipinski definition) is 3. The number of allylic oxidation sites excluding steroid dienone is 11.